The van der Waals surface area contributed by atoms with Gasteiger partial charge in [-0.25, -0.2) is 8.78 Å². The molecule has 104 valence electrons. The average Bonchev–Trinajstić information content (AvgIpc) is 2.30. The van der Waals surface area contributed by atoms with Crippen molar-refractivity contribution >= 4 is 11.6 Å². The van der Waals surface area contributed by atoms with Gasteiger partial charge in [-0.1, -0.05) is 0 Å². The van der Waals surface area contributed by atoms with E-state index in [0.29, 0.717) is 0 Å². The second-order valence-electron chi connectivity index (χ2n) is 4.79. The Balaban J connectivity index is 1.87. The van der Waals surface area contributed by atoms with E-state index in [9.17, 15) is 13.6 Å². The molecular formula is C13H17F2N3O. The Labute approximate surface area is 111 Å². The summed E-state index contributed by atoms with van der Waals surface area (Å²) in [5.41, 5.74) is 0.150. The highest BCUT2D eigenvalue weighted by Gasteiger charge is 2.16. The van der Waals surface area contributed by atoms with E-state index in [1.165, 1.54) is 0 Å². The van der Waals surface area contributed by atoms with E-state index >= 15 is 0 Å². The molecule has 0 aliphatic carbocycles. The second kappa shape index (κ2) is 6.08. The van der Waals surface area contributed by atoms with Crippen LogP contribution in [0, 0.1) is 11.6 Å². The molecule has 1 aliphatic heterocycles. The van der Waals surface area contributed by atoms with Gasteiger partial charge in [0.2, 0.25) is 5.91 Å². The van der Waals surface area contributed by atoms with Crippen molar-refractivity contribution in [3.8, 4) is 0 Å². The van der Waals surface area contributed by atoms with Crippen molar-refractivity contribution < 1.29 is 13.6 Å². The van der Waals surface area contributed by atoms with E-state index < -0.39 is 11.6 Å². The number of piperazine rings is 1. The van der Waals surface area contributed by atoms with Crippen LogP contribution in [0.15, 0.2) is 18.2 Å². The van der Waals surface area contributed by atoms with Crippen molar-refractivity contribution in [3.05, 3.63) is 29.8 Å². The zero-order valence-electron chi connectivity index (χ0n) is 10.8. The summed E-state index contributed by atoms with van der Waals surface area (Å²) in [6.07, 6.45) is 0. The number of hydrogen-bond donors (Lipinski definition) is 1. The van der Waals surface area contributed by atoms with Crippen molar-refractivity contribution in [2.24, 2.45) is 0 Å². The molecule has 0 atom stereocenters. The van der Waals surface area contributed by atoms with Gasteiger partial charge in [-0.2, -0.15) is 0 Å². The topological polar surface area (TPSA) is 35.6 Å². The molecule has 4 nitrogen and oxygen atoms in total. The molecule has 1 amide bonds. The number of nitrogens with one attached hydrogen (secondary N) is 1. The number of rotatable bonds is 3. The summed E-state index contributed by atoms with van der Waals surface area (Å²) in [6, 6.07) is 2.98. The van der Waals surface area contributed by atoms with Crippen LogP contribution in [-0.2, 0) is 4.79 Å². The predicted molar refractivity (Wildman–Crippen MR) is 68.9 cm³/mol. The van der Waals surface area contributed by atoms with Crippen LogP contribution >= 0.6 is 0 Å². The van der Waals surface area contributed by atoms with E-state index in [0.717, 1.165) is 44.4 Å². The van der Waals surface area contributed by atoms with Crippen LogP contribution in [0.5, 0.6) is 0 Å². The van der Waals surface area contributed by atoms with Crippen LogP contribution in [0.1, 0.15) is 0 Å². The number of carbonyl (C=O) groups excluding carboxylic acids is 1. The minimum absolute atomic E-state index is 0.150. The lowest BCUT2D eigenvalue weighted by Crippen LogP contribution is -2.47. The summed E-state index contributed by atoms with van der Waals surface area (Å²) in [4.78, 5) is 16.0. The number of carbonyl (C=O) groups is 1. The van der Waals surface area contributed by atoms with Gasteiger partial charge >= 0.3 is 0 Å². The smallest absolute Gasteiger partial charge is 0.238 e. The first kappa shape index (κ1) is 13.9. The van der Waals surface area contributed by atoms with Gasteiger partial charge in [0, 0.05) is 37.9 Å². The maximum atomic E-state index is 13.0. The van der Waals surface area contributed by atoms with E-state index in [1.807, 2.05) is 11.9 Å². The third kappa shape index (κ3) is 4.25. The molecule has 1 aromatic carbocycles. The molecule has 0 unspecified atom stereocenters. The van der Waals surface area contributed by atoms with Crippen molar-refractivity contribution in [1.82, 2.24) is 9.80 Å². The summed E-state index contributed by atoms with van der Waals surface area (Å²) >= 11 is 0. The Bertz CT molecular complexity index is 439. The number of amides is 1. The van der Waals surface area contributed by atoms with Gasteiger partial charge in [-0.15, -0.1) is 0 Å². The van der Waals surface area contributed by atoms with Crippen LogP contribution in [0.4, 0.5) is 14.5 Å². The Morgan fingerprint density at radius 3 is 2.32 bits per heavy atom. The quantitative estimate of drug-likeness (QED) is 0.894. The van der Waals surface area contributed by atoms with Gasteiger partial charge in [0.05, 0.1) is 6.54 Å². The number of benzene rings is 1. The van der Waals surface area contributed by atoms with Gasteiger partial charge in [-0.05, 0) is 19.2 Å². The lowest BCUT2D eigenvalue weighted by atomic mass is 10.3. The number of likely N-dealkylation sites (N-methyl/N-ethyl adjacent to an activating group) is 1. The molecule has 6 heteroatoms. The number of halogens is 2. The van der Waals surface area contributed by atoms with E-state index in [-0.39, 0.29) is 18.1 Å². The Hall–Kier alpha value is -1.53. The molecule has 0 bridgehead atoms. The first-order valence-electron chi connectivity index (χ1n) is 6.20. The molecule has 0 saturated carbocycles. The van der Waals surface area contributed by atoms with Gasteiger partial charge in [0.15, 0.2) is 0 Å². The lowest BCUT2D eigenvalue weighted by Gasteiger charge is -2.31. The number of nitrogens with zero attached hydrogens (tertiary/aromatic N) is 2. The maximum Gasteiger partial charge on any atom is 0.238 e. The zero-order valence-corrected chi connectivity index (χ0v) is 10.8. The zero-order chi connectivity index (χ0) is 13.8. The third-order valence-electron chi connectivity index (χ3n) is 3.11. The lowest BCUT2D eigenvalue weighted by molar-refractivity contribution is -0.117. The highest BCUT2D eigenvalue weighted by atomic mass is 19.1. The highest BCUT2D eigenvalue weighted by molar-refractivity contribution is 5.92. The fourth-order valence-electron chi connectivity index (χ4n) is 2.04. The van der Waals surface area contributed by atoms with Crippen LogP contribution < -0.4 is 5.32 Å². The van der Waals surface area contributed by atoms with Gasteiger partial charge < -0.3 is 10.2 Å². The summed E-state index contributed by atoms with van der Waals surface area (Å²) in [5.74, 6) is -1.65. The Morgan fingerprint density at radius 2 is 1.74 bits per heavy atom. The van der Waals surface area contributed by atoms with Crippen LogP contribution in [0.2, 0.25) is 0 Å². The van der Waals surface area contributed by atoms with Crippen LogP contribution in [0.25, 0.3) is 0 Å². The molecule has 1 saturated heterocycles. The predicted octanol–water partition coefficient (Wildman–Crippen LogP) is 1.15. The van der Waals surface area contributed by atoms with E-state index in [1.54, 1.807) is 0 Å². The van der Waals surface area contributed by atoms with Gasteiger partial charge in [0.25, 0.3) is 0 Å². The molecule has 19 heavy (non-hydrogen) atoms. The number of hydrogen-bond acceptors (Lipinski definition) is 3. The van der Waals surface area contributed by atoms with E-state index in [4.69, 9.17) is 0 Å². The molecular weight excluding hydrogens is 252 g/mol. The fourth-order valence-corrected chi connectivity index (χ4v) is 2.04. The SMILES string of the molecule is CN1CCN(CC(=O)Nc2cc(F)cc(F)c2)CC1. The molecule has 1 fully saturated rings. The third-order valence-corrected chi connectivity index (χ3v) is 3.11. The standard InChI is InChI=1S/C13H17F2N3O/c1-17-2-4-18(5-3-17)9-13(19)16-12-7-10(14)6-11(15)8-12/h6-8H,2-5,9H2,1H3,(H,16,19). The summed E-state index contributed by atoms with van der Waals surface area (Å²) in [5, 5.41) is 2.51. The Morgan fingerprint density at radius 1 is 1.16 bits per heavy atom. The minimum atomic E-state index is -0.699. The fraction of sp³-hybridized carbons (Fsp3) is 0.462. The van der Waals surface area contributed by atoms with Crippen molar-refractivity contribution in [1.29, 1.82) is 0 Å². The summed E-state index contributed by atoms with van der Waals surface area (Å²) < 4.78 is 25.9. The summed E-state index contributed by atoms with van der Waals surface area (Å²) in [6.45, 7) is 3.72. The first-order chi connectivity index (χ1) is 9.02. The molecule has 1 N–H and O–H groups in total. The maximum absolute atomic E-state index is 13.0. The molecule has 1 aliphatic rings. The molecule has 0 aromatic heterocycles. The van der Waals surface area contributed by atoms with Crippen LogP contribution in [0.3, 0.4) is 0 Å². The van der Waals surface area contributed by atoms with Gasteiger partial charge in [0.1, 0.15) is 11.6 Å². The Kier molecular flexibility index (Phi) is 4.44. The molecule has 1 aromatic rings. The average molecular weight is 269 g/mol. The number of anilines is 1. The van der Waals surface area contributed by atoms with Crippen molar-refractivity contribution in [2.75, 3.05) is 45.1 Å². The molecule has 1 heterocycles. The monoisotopic (exact) mass is 269 g/mol. The highest BCUT2D eigenvalue weighted by Crippen LogP contribution is 2.12. The molecule has 0 radical (unpaired) electrons. The largest absolute Gasteiger partial charge is 0.325 e. The van der Waals surface area contributed by atoms with Gasteiger partial charge in [-0.3, -0.25) is 9.69 Å². The molecule has 0 spiro atoms. The van der Waals surface area contributed by atoms with Crippen molar-refractivity contribution in [2.45, 2.75) is 0 Å². The van der Waals surface area contributed by atoms with E-state index in [2.05, 4.69) is 10.2 Å². The normalized spacial score (nSPS) is 17.4. The molecule has 2 rings (SSSR count). The second-order valence-corrected chi connectivity index (χ2v) is 4.79. The summed E-state index contributed by atoms with van der Waals surface area (Å²) in [7, 11) is 2.03. The minimum Gasteiger partial charge on any atom is -0.325 e. The first-order valence-corrected chi connectivity index (χ1v) is 6.20. The van der Waals surface area contributed by atoms with Crippen molar-refractivity contribution in [3.63, 3.8) is 0 Å². The van der Waals surface area contributed by atoms with Crippen LogP contribution in [-0.4, -0.2) is 55.5 Å².